The van der Waals surface area contributed by atoms with Crippen LogP contribution in [0, 0.1) is 16.0 Å². The minimum absolute atomic E-state index is 0. The summed E-state index contributed by atoms with van der Waals surface area (Å²) in [6.45, 7) is 6.36. The van der Waals surface area contributed by atoms with Gasteiger partial charge in [-0.15, -0.1) is 24.0 Å². The third-order valence-electron chi connectivity index (χ3n) is 4.26. The van der Waals surface area contributed by atoms with Crippen LogP contribution in [0.4, 0.5) is 5.69 Å². The quantitative estimate of drug-likeness (QED) is 0.165. The lowest BCUT2D eigenvalue weighted by Crippen LogP contribution is -2.48. The Bertz CT molecular complexity index is 669. The van der Waals surface area contributed by atoms with Gasteiger partial charge in [-0.1, -0.05) is 18.2 Å². The summed E-state index contributed by atoms with van der Waals surface area (Å²) in [6, 6.07) is 6.60. The number of piperidine rings is 1. The molecule has 1 atom stereocenters. The number of ether oxygens (including phenoxy) is 1. The molecule has 1 saturated heterocycles. The summed E-state index contributed by atoms with van der Waals surface area (Å²) < 4.78 is 5.14. The van der Waals surface area contributed by atoms with Gasteiger partial charge in [0.1, 0.15) is 0 Å². The average Bonchev–Trinajstić information content (AvgIpc) is 2.65. The number of nitrogens with zero attached hydrogens (tertiary/aromatic N) is 3. The third kappa shape index (κ3) is 6.64. The van der Waals surface area contributed by atoms with Gasteiger partial charge in [0.25, 0.3) is 5.69 Å². The Labute approximate surface area is 176 Å². The fraction of sp³-hybridized carbons (Fsp3) is 0.556. The largest absolute Gasteiger partial charge is 0.466 e. The number of para-hydroxylation sites is 1. The molecule has 2 rings (SSSR count). The van der Waals surface area contributed by atoms with Gasteiger partial charge >= 0.3 is 5.97 Å². The highest BCUT2D eigenvalue weighted by Gasteiger charge is 2.28. The molecule has 1 N–H and O–H groups in total. The molecule has 0 amide bonds. The first-order valence-corrected chi connectivity index (χ1v) is 8.99. The molecule has 1 aliphatic rings. The Hall–Kier alpha value is -1.91. The summed E-state index contributed by atoms with van der Waals surface area (Å²) in [4.78, 5) is 29.4. The van der Waals surface area contributed by atoms with Gasteiger partial charge in [-0.25, -0.2) is 4.99 Å². The van der Waals surface area contributed by atoms with Gasteiger partial charge in [0.15, 0.2) is 5.96 Å². The zero-order valence-electron chi connectivity index (χ0n) is 15.7. The van der Waals surface area contributed by atoms with Crippen molar-refractivity contribution in [2.24, 2.45) is 10.9 Å². The monoisotopic (exact) mass is 490 g/mol. The van der Waals surface area contributed by atoms with E-state index in [0.717, 1.165) is 19.4 Å². The fourth-order valence-corrected chi connectivity index (χ4v) is 3.03. The van der Waals surface area contributed by atoms with Gasteiger partial charge in [0.05, 0.1) is 29.6 Å². The highest BCUT2D eigenvalue weighted by atomic mass is 127. The van der Waals surface area contributed by atoms with Crippen molar-refractivity contribution in [2.75, 3.05) is 26.2 Å². The number of hydrogen-bond acceptors (Lipinski definition) is 5. The fourth-order valence-electron chi connectivity index (χ4n) is 3.03. The van der Waals surface area contributed by atoms with Gasteiger partial charge < -0.3 is 15.0 Å². The van der Waals surface area contributed by atoms with E-state index < -0.39 is 4.92 Å². The number of nitrogens with one attached hydrogen (secondary N) is 1. The van der Waals surface area contributed by atoms with Crippen molar-refractivity contribution in [2.45, 2.75) is 33.2 Å². The van der Waals surface area contributed by atoms with Gasteiger partial charge in [-0.2, -0.15) is 0 Å². The van der Waals surface area contributed by atoms with Gasteiger partial charge in [0.2, 0.25) is 0 Å². The number of nitro groups is 1. The van der Waals surface area contributed by atoms with Crippen molar-refractivity contribution < 1.29 is 14.5 Å². The van der Waals surface area contributed by atoms with E-state index in [1.807, 2.05) is 11.8 Å². The van der Waals surface area contributed by atoms with Crippen molar-refractivity contribution in [3.63, 3.8) is 0 Å². The normalized spacial score (nSPS) is 17.0. The van der Waals surface area contributed by atoms with Crippen LogP contribution in [0.2, 0.25) is 0 Å². The first kappa shape index (κ1) is 23.1. The number of hydrogen-bond donors (Lipinski definition) is 1. The Morgan fingerprint density at radius 2 is 2.15 bits per heavy atom. The van der Waals surface area contributed by atoms with Crippen molar-refractivity contribution in [1.29, 1.82) is 0 Å². The van der Waals surface area contributed by atoms with Crippen LogP contribution in [0.25, 0.3) is 0 Å². The molecule has 1 unspecified atom stereocenters. The second-order valence-corrected chi connectivity index (χ2v) is 6.09. The molecule has 1 aromatic rings. The number of nitro benzene ring substituents is 1. The van der Waals surface area contributed by atoms with Crippen LogP contribution >= 0.6 is 24.0 Å². The number of halogens is 1. The molecule has 1 aliphatic heterocycles. The number of benzene rings is 1. The zero-order chi connectivity index (χ0) is 18.9. The first-order chi connectivity index (χ1) is 12.6. The molecule has 27 heavy (non-hydrogen) atoms. The van der Waals surface area contributed by atoms with Crippen LogP contribution in [0.5, 0.6) is 0 Å². The molecule has 1 heterocycles. The van der Waals surface area contributed by atoms with E-state index in [-0.39, 0.29) is 48.1 Å². The zero-order valence-corrected chi connectivity index (χ0v) is 18.0. The Kier molecular flexibility index (Phi) is 10.0. The van der Waals surface area contributed by atoms with Gasteiger partial charge in [0, 0.05) is 25.7 Å². The number of aliphatic imine (C=N–C) groups is 1. The molecule has 0 aromatic heterocycles. The predicted octanol–water partition coefficient (Wildman–Crippen LogP) is 2.95. The SMILES string of the molecule is CCNC(=NCc1ccccc1[N+](=O)[O-])N1CCCC(C(=O)OCC)C1.I. The van der Waals surface area contributed by atoms with Gasteiger partial charge in [-0.3, -0.25) is 14.9 Å². The van der Waals surface area contributed by atoms with E-state index in [0.29, 0.717) is 31.2 Å². The van der Waals surface area contributed by atoms with E-state index >= 15 is 0 Å². The van der Waals surface area contributed by atoms with Crippen LogP contribution < -0.4 is 5.32 Å². The summed E-state index contributed by atoms with van der Waals surface area (Å²) in [5, 5.41) is 14.4. The van der Waals surface area contributed by atoms with Crippen LogP contribution in [0.3, 0.4) is 0 Å². The molecular weight excluding hydrogens is 463 g/mol. The number of carbonyl (C=O) groups excluding carboxylic acids is 1. The second-order valence-electron chi connectivity index (χ2n) is 6.09. The standard InChI is InChI=1S/C18H26N4O4.HI/c1-3-19-18(20-12-14-8-5-6-10-16(14)22(24)25)21-11-7-9-15(13-21)17(23)26-4-2;/h5-6,8,10,15H,3-4,7,9,11-13H2,1-2H3,(H,19,20);1H. The summed E-state index contributed by atoms with van der Waals surface area (Å²) in [7, 11) is 0. The molecule has 1 fully saturated rings. The number of esters is 1. The third-order valence-corrected chi connectivity index (χ3v) is 4.26. The maximum Gasteiger partial charge on any atom is 0.310 e. The summed E-state index contributed by atoms with van der Waals surface area (Å²) in [6.07, 6.45) is 1.68. The average molecular weight is 490 g/mol. The highest BCUT2D eigenvalue weighted by molar-refractivity contribution is 14.0. The van der Waals surface area contributed by atoms with Crippen molar-refractivity contribution in [3.05, 3.63) is 39.9 Å². The van der Waals surface area contributed by atoms with E-state index in [1.54, 1.807) is 25.1 Å². The summed E-state index contributed by atoms with van der Waals surface area (Å²) >= 11 is 0. The van der Waals surface area contributed by atoms with Crippen LogP contribution in [-0.2, 0) is 16.1 Å². The van der Waals surface area contributed by atoms with Crippen molar-refractivity contribution >= 4 is 41.6 Å². The lowest BCUT2D eigenvalue weighted by molar-refractivity contribution is -0.385. The second kappa shape index (κ2) is 11.7. The van der Waals surface area contributed by atoms with E-state index in [2.05, 4.69) is 10.3 Å². The molecule has 0 spiro atoms. The summed E-state index contributed by atoms with van der Waals surface area (Å²) in [5.74, 6) is 0.324. The van der Waals surface area contributed by atoms with Crippen LogP contribution in [0.15, 0.2) is 29.3 Å². The first-order valence-electron chi connectivity index (χ1n) is 8.99. The minimum Gasteiger partial charge on any atom is -0.466 e. The smallest absolute Gasteiger partial charge is 0.310 e. The number of carbonyl (C=O) groups is 1. The number of rotatable bonds is 6. The molecular formula is C18H27IN4O4. The van der Waals surface area contributed by atoms with Crippen molar-refractivity contribution in [3.8, 4) is 0 Å². The lowest BCUT2D eigenvalue weighted by atomic mass is 9.98. The van der Waals surface area contributed by atoms with E-state index in [1.165, 1.54) is 6.07 Å². The molecule has 0 radical (unpaired) electrons. The predicted molar refractivity (Wildman–Crippen MR) is 114 cm³/mol. The van der Waals surface area contributed by atoms with Crippen LogP contribution in [-0.4, -0.2) is 48.0 Å². The molecule has 9 heteroatoms. The maximum absolute atomic E-state index is 12.0. The van der Waals surface area contributed by atoms with Crippen molar-refractivity contribution in [1.82, 2.24) is 10.2 Å². The molecule has 0 bridgehead atoms. The van der Waals surface area contributed by atoms with Crippen LogP contribution in [0.1, 0.15) is 32.3 Å². The number of guanidine groups is 1. The number of likely N-dealkylation sites (tertiary alicyclic amines) is 1. The van der Waals surface area contributed by atoms with Gasteiger partial charge in [-0.05, 0) is 26.7 Å². The van der Waals surface area contributed by atoms with E-state index in [9.17, 15) is 14.9 Å². The molecule has 0 saturated carbocycles. The maximum atomic E-state index is 12.0. The minimum atomic E-state index is -0.393. The molecule has 0 aliphatic carbocycles. The molecule has 1 aromatic carbocycles. The molecule has 8 nitrogen and oxygen atoms in total. The Balaban J connectivity index is 0.00000364. The lowest BCUT2D eigenvalue weighted by Gasteiger charge is -2.34. The summed E-state index contributed by atoms with van der Waals surface area (Å²) in [5.41, 5.74) is 0.627. The Morgan fingerprint density at radius 1 is 1.41 bits per heavy atom. The Morgan fingerprint density at radius 3 is 2.81 bits per heavy atom. The molecule has 150 valence electrons. The topological polar surface area (TPSA) is 97.1 Å². The highest BCUT2D eigenvalue weighted by Crippen LogP contribution is 2.20. The van der Waals surface area contributed by atoms with E-state index in [4.69, 9.17) is 4.74 Å².